The first-order valence-corrected chi connectivity index (χ1v) is 5.91. The maximum Gasteiger partial charge on any atom is 0.261 e. The van der Waals surface area contributed by atoms with Crippen LogP contribution in [0.4, 0.5) is 0 Å². The van der Waals surface area contributed by atoms with E-state index in [9.17, 15) is 8.42 Å². The van der Waals surface area contributed by atoms with Crippen molar-refractivity contribution in [2.24, 2.45) is 0 Å². The average molecular weight is 222 g/mol. The molecule has 1 aromatic rings. The minimum Gasteiger partial charge on any atom is -0.323 e. The Morgan fingerprint density at radius 1 is 1.15 bits per heavy atom. The summed E-state index contributed by atoms with van der Waals surface area (Å²) in [5, 5.41) is 2.75. The van der Waals surface area contributed by atoms with Gasteiger partial charge in [-0.15, -0.1) is 0 Å². The molecule has 0 saturated heterocycles. The molecule has 0 atom stereocenters. The van der Waals surface area contributed by atoms with Crippen molar-refractivity contribution < 1.29 is 8.42 Å². The average Bonchev–Trinajstić information content (AvgIpc) is 2.06. The Labute approximate surface area is 83.1 Å². The third-order valence-corrected chi connectivity index (χ3v) is 2.39. The standard InChI is InChI=1S/C6H5ClO2S.C2H7N/c7-10(8,9)6-4-2-1-3-5-6;1-3-2/h1-5H;3H,1-2H3. The summed E-state index contributed by atoms with van der Waals surface area (Å²) in [5.41, 5.74) is 0. The maximum absolute atomic E-state index is 10.6. The number of hydrogen-bond acceptors (Lipinski definition) is 3. The highest BCUT2D eigenvalue weighted by molar-refractivity contribution is 8.13. The van der Waals surface area contributed by atoms with Crippen LogP contribution in [0, 0.1) is 0 Å². The van der Waals surface area contributed by atoms with Gasteiger partial charge in [0.2, 0.25) is 0 Å². The lowest BCUT2D eigenvalue weighted by Gasteiger charge is -1.91. The van der Waals surface area contributed by atoms with Crippen molar-refractivity contribution in [2.75, 3.05) is 14.1 Å². The molecule has 13 heavy (non-hydrogen) atoms. The topological polar surface area (TPSA) is 46.2 Å². The summed E-state index contributed by atoms with van der Waals surface area (Å²) in [6, 6.07) is 7.86. The van der Waals surface area contributed by atoms with Gasteiger partial charge < -0.3 is 5.32 Å². The van der Waals surface area contributed by atoms with E-state index in [1.165, 1.54) is 12.1 Å². The molecular formula is C8H12ClNO2S. The zero-order valence-electron chi connectivity index (χ0n) is 7.49. The molecule has 0 radical (unpaired) electrons. The van der Waals surface area contributed by atoms with E-state index >= 15 is 0 Å². The van der Waals surface area contributed by atoms with Crippen LogP contribution in [0.3, 0.4) is 0 Å². The molecule has 74 valence electrons. The van der Waals surface area contributed by atoms with Crippen LogP contribution in [-0.2, 0) is 9.05 Å². The minimum absolute atomic E-state index is 0.136. The van der Waals surface area contributed by atoms with E-state index in [1.54, 1.807) is 18.2 Å². The van der Waals surface area contributed by atoms with Crippen LogP contribution >= 0.6 is 10.7 Å². The number of nitrogens with one attached hydrogen (secondary N) is 1. The van der Waals surface area contributed by atoms with Gasteiger partial charge in [0.15, 0.2) is 0 Å². The van der Waals surface area contributed by atoms with Crippen molar-refractivity contribution in [2.45, 2.75) is 4.90 Å². The molecule has 1 N–H and O–H groups in total. The van der Waals surface area contributed by atoms with Crippen molar-refractivity contribution in [1.29, 1.82) is 0 Å². The number of rotatable bonds is 1. The molecule has 0 bridgehead atoms. The van der Waals surface area contributed by atoms with Crippen LogP contribution in [0.1, 0.15) is 0 Å². The molecular weight excluding hydrogens is 210 g/mol. The Kier molecular flexibility index (Phi) is 5.70. The van der Waals surface area contributed by atoms with E-state index in [0.29, 0.717) is 0 Å². The van der Waals surface area contributed by atoms with Gasteiger partial charge in [0.1, 0.15) is 0 Å². The number of benzene rings is 1. The first-order valence-electron chi connectivity index (χ1n) is 3.60. The highest BCUT2D eigenvalue weighted by atomic mass is 35.7. The van der Waals surface area contributed by atoms with E-state index in [2.05, 4.69) is 5.32 Å². The van der Waals surface area contributed by atoms with Crippen LogP contribution in [-0.4, -0.2) is 22.5 Å². The van der Waals surface area contributed by atoms with Gasteiger partial charge in [-0.2, -0.15) is 0 Å². The van der Waals surface area contributed by atoms with Crippen LogP contribution in [0.25, 0.3) is 0 Å². The number of hydrogen-bond donors (Lipinski definition) is 1. The predicted octanol–water partition coefficient (Wildman–Crippen LogP) is 1.45. The molecule has 0 aliphatic rings. The molecule has 0 unspecified atom stereocenters. The maximum atomic E-state index is 10.6. The van der Waals surface area contributed by atoms with Crippen molar-refractivity contribution in [1.82, 2.24) is 5.32 Å². The molecule has 0 aromatic heterocycles. The number of halogens is 1. The quantitative estimate of drug-likeness (QED) is 0.731. The Morgan fingerprint density at radius 2 is 1.54 bits per heavy atom. The Balaban J connectivity index is 0.000000424. The molecule has 0 heterocycles. The summed E-state index contributed by atoms with van der Waals surface area (Å²) in [6.45, 7) is 0. The van der Waals surface area contributed by atoms with E-state index in [4.69, 9.17) is 10.7 Å². The first kappa shape index (κ1) is 12.4. The predicted molar refractivity (Wildman–Crippen MR) is 54.5 cm³/mol. The molecule has 5 heteroatoms. The van der Waals surface area contributed by atoms with Gasteiger partial charge in [0.25, 0.3) is 9.05 Å². The fourth-order valence-corrected chi connectivity index (χ4v) is 1.37. The third kappa shape index (κ3) is 5.63. The van der Waals surface area contributed by atoms with Crippen LogP contribution in [0.5, 0.6) is 0 Å². The molecule has 0 amide bonds. The second-order valence-corrected chi connectivity index (χ2v) is 4.82. The lowest BCUT2D eigenvalue weighted by atomic mass is 10.4. The molecule has 1 rings (SSSR count). The second kappa shape index (κ2) is 5.96. The Morgan fingerprint density at radius 3 is 1.77 bits per heavy atom. The zero-order valence-corrected chi connectivity index (χ0v) is 9.06. The Bertz CT molecular complexity index is 323. The summed E-state index contributed by atoms with van der Waals surface area (Å²) in [4.78, 5) is 0.136. The van der Waals surface area contributed by atoms with E-state index < -0.39 is 9.05 Å². The lowest BCUT2D eigenvalue weighted by Crippen LogP contribution is -1.89. The summed E-state index contributed by atoms with van der Waals surface area (Å²) in [7, 11) is 5.25. The van der Waals surface area contributed by atoms with Gasteiger partial charge in [-0.3, -0.25) is 0 Å². The fraction of sp³-hybridized carbons (Fsp3) is 0.250. The van der Waals surface area contributed by atoms with Gasteiger partial charge >= 0.3 is 0 Å². The molecule has 0 saturated carbocycles. The van der Waals surface area contributed by atoms with E-state index in [1.807, 2.05) is 14.1 Å². The van der Waals surface area contributed by atoms with Crippen LogP contribution < -0.4 is 5.32 Å². The molecule has 0 fully saturated rings. The largest absolute Gasteiger partial charge is 0.323 e. The normalized spacial score (nSPS) is 10.1. The van der Waals surface area contributed by atoms with Crippen molar-refractivity contribution >= 4 is 19.7 Å². The SMILES string of the molecule is CNC.O=S(=O)(Cl)c1ccccc1. The monoisotopic (exact) mass is 221 g/mol. The molecule has 0 aliphatic heterocycles. The molecule has 0 aliphatic carbocycles. The highest BCUT2D eigenvalue weighted by Gasteiger charge is 2.06. The molecule has 1 aromatic carbocycles. The van der Waals surface area contributed by atoms with Crippen molar-refractivity contribution in [3.8, 4) is 0 Å². The van der Waals surface area contributed by atoms with Gasteiger partial charge in [0, 0.05) is 10.7 Å². The summed E-state index contributed by atoms with van der Waals surface area (Å²) < 4.78 is 21.2. The fourth-order valence-electron chi connectivity index (χ4n) is 0.583. The van der Waals surface area contributed by atoms with Gasteiger partial charge in [-0.05, 0) is 26.2 Å². The van der Waals surface area contributed by atoms with Gasteiger partial charge in [-0.1, -0.05) is 18.2 Å². The minimum atomic E-state index is -3.53. The molecule has 3 nitrogen and oxygen atoms in total. The summed E-state index contributed by atoms with van der Waals surface area (Å²) in [6.07, 6.45) is 0. The van der Waals surface area contributed by atoms with Crippen molar-refractivity contribution in [3.05, 3.63) is 30.3 Å². The highest BCUT2D eigenvalue weighted by Crippen LogP contribution is 2.12. The molecule has 0 spiro atoms. The van der Waals surface area contributed by atoms with E-state index in [-0.39, 0.29) is 4.90 Å². The van der Waals surface area contributed by atoms with Crippen LogP contribution in [0.15, 0.2) is 35.2 Å². The van der Waals surface area contributed by atoms with Crippen molar-refractivity contribution in [3.63, 3.8) is 0 Å². The van der Waals surface area contributed by atoms with Gasteiger partial charge in [-0.25, -0.2) is 8.42 Å². The zero-order chi connectivity index (χ0) is 10.3. The lowest BCUT2D eigenvalue weighted by molar-refractivity contribution is 0.609. The van der Waals surface area contributed by atoms with Gasteiger partial charge in [0.05, 0.1) is 4.90 Å². The summed E-state index contributed by atoms with van der Waals surface area (Å²) >= 11 is 0. The smallest absolute Gasteiger partial charge is 0.261 e. The third-order valence-electron chi connectivity index (χ3n) is 1.02. The second-order valence-electron chi connectivity index (χ2n) is 2.25. The Hall–Kier alpha value is -0.580. The summed E-state index contributed by atoms with van der Waals surface area (Å²) in [5.74, 6) is 0. The first-order chi connectivity index (χ1) is 6.02. The van der Waals surface area contributed by atoms with Crippen LogP contribution in [0.2, 0.25) is 0 Å². The van der Waals surface area contributed by atoms with E-state index in [0.717, 1.165) is 0 Å².